The Labute approximate surface area is 131 Å². The molecular formula is C13H16BrN5O2. The third-order valence-corrected chi connectivity index (χ3v) is 2.89. The summed E-state index contributed by atoms with van der Waals surface area (Å²) in [6.45, 7) is 2.52. The quantitative estimate of drug-likeness (QED) is 0.824. The van der Waals surface area contributed by atoms with Crippen molar-refractivity contribution in [3.63, 3.8) is 0 Å². The summed E-state index contributed by atoms with van der Waals surface area (Å²) in [6.07, 6.45) is 0.858. The highest BCUT2D eigenvalue weighted by atomic mass is 79.9. The van der Waals surface area contributed by atoms with E-state index in [1.54, 1.807) is 7.11 Å². The van der Waals surface area contributed by atoms with Gasteiger partial charge in [0.05, 0.1) is 13.7 Å². The molecule has 1 heterocycles. The molecule has 112 valence electrons. The van der Waals surface area contributed by atoms with Gasteiger partial charge in [0, 0.05) is 16.2 Å². The smallest absolute Gasteiger partial charge is 0.323 e. The van der Waals surface area contributed by atoms with E-state index in [2.05, 4.69) is 36.2 Å². The first-order valence-electron chi connectivity index (χ1n) is 6.36. The minimum atomic E-state index is 0.0977. The fourth-order valence-electron chi connectivity index (χ4n) is 1.57. The van der Waals surface area contributed by atoms with Crippen LogP contribution in [0.25, 0.3) is 0 Å². The molecule has 0 saturated heterocycles. The van der Waals surface area contributed by atoms with Gasteiger partial charge in [0.2, 0.25) is 11.9 Å². The maximum absolute atomic E-state index is 5.65. The summed E-state index contributed by atoms with van der Waals surface area (Å²) in [5.74, 6) is 1.12. The second-order valence-electron chi connectivity index (χ2n) is 4.15. The first-order valence-corrected chi connectivity index (χ1v) is 7.16. The summed E-state index contributed by atoms with van der Waals surface area (Å²) in [4.78, 5) is 12.1. The van der Waals surface area contributed by atoms with Crippen LogP contribution in [0.4, 0.5) is 17.6 Å². The average molecular weight is 354 g/mol. The van der Waals surface area contributed by atoms with Crippen LogP contribution in [0.1, 0.15) is 13.3 Å². The molecule has 0 unspecified atom stereocenters. The van der Waals surface area contributed by atoms with Crippen molar-refractivity contribution < 1.29 is 9.47 Å². The molecule has 3 N–H and O–H groups in total. The van der Waals surface area contributed by atoms with E-state index in [1.807, 2.05) is 25.1 Å². The SMILES string of the molecule is CCCOc1nc(N)nc(Nc2cc(Br)cc(OC)c2)n1. The predicted octanol–water partition coefficient (Wildman–Crippen LogP) is 2.76. The molecule has 2 aromatic rings. The summed E-state index contributed by atoms with van der Waals surface area (Å²) < 4.78 is 11.4. The van der Waals surface area contributed by atoms with Gasteiger partial charge < -0.3 is 20.5 Å². The number of nitrogens with one attached hydrogen (secondary N) is 1. The number of ether oxygens (including phenoxy) is 2. The predicted molar refractivity (Wildman–Crippen MR) is 84.0 cm³/mol. The Morgan fingerprint density at radius 1 is 1.24 bits per heavy atom. The van der Waals surface area contributed by atoms with Crippen molar-refractivity contribution in [2.45, 2.75) is 13.3 Å². The molecule has 0 amide bonds. The molecule has 0 saturated carbocycles. The van der Waals surface area contributed by atoms with Crippen molar-refractivity contribution in [2.75, 3.05) is 24.8 Å². The van der Waals surface area contributed by atoms with Crippen LogP contribution in [0.2, 0.25) is 0 Å². The number of nitrogens with zero attached hydrogens (tertiary/aromatic N) is 3. The van der Waals surface area contributed by atoms with Crippen molar-refractivity contribution >= 4 is 33.5 Å². The van der Waals surface area contributed by atoms with Crippen molar-refractivity contribution in [1.29, 1.82) is 0 Å². The zero-order chi connectivity index (χ0) is 15.2. The van der Waals surface area contributed by atoms with E-state index < -0.39 is 0 Å². The number of nitrogens with two attached hydrogens (primary N) is 1. The molecule has 0 aliphatic carbocycles. The molecule has 0 spiro atoms. The van der Waals surface area contributed by atoms with Crippen LogP contribution in [0, 0.1) is 0 Å². The molecule has 21 heavy (non-hydrogen) atoms. The van der Waals surface area contributed by atoms with E-state index in [-0.39, 0.29) is 12.0 Å². The topological polar surface area (TPSA) is 95.2 Å². The fourth-order valence-corrected chi connectivity index (χ4v) is 2.04. The summed E-state index contributed by atoms with van der Waals surface area (Å²) in [5, 5.41) is 3.04. The van der Waals surface area contributed by atoms with Crippen LogP contribution in [-0.2, 0) is 0 Å². The van der Waals surface area contributed by atoms with E-state index in [0.29, 0.717) is 18.3 Å². The summed E-state index contributed by atoms with van der Waals surface area (Å²) in [5.41, 5.74) is 6.41. The number of nitrogen functional groups attached to an aromatic ring is 1. The summed E-state index contributed by atoms with van der Waals surface area (Å²) in [6, 6.07) is 5.74. The first kappa shape index (κ1) is 15.3. The standard InChI is InChI=1S/C13H16BrN5O2/c1-3-4-21-13-18-11(15)17-12(19-13)16-9-5-8(14)6-10(7-9)20-2/h5-7H,3-4H2,1-2H3,(H3,15,16,17,18,19). The number of aromatic nitrogens is 3. The molecule has 0 aliphatic heterocycles. The maximum Gasteiger partial charge on any atom is 0.323 e. The second-order valence-corrected chi connectivity index (χ2v) is 5.07. The van der Waals surface area contributed by atoms with E-state index in [0.717, 1.165) is 16.6 Å². The Hall–Kier alpha value is -2.09. The van der Waals surface area contributed by atoms with Crippen LogP contribution >= 0.6 is 15.9 Å². The van der Waals surface area contributed by atoms with Crippen molar-refractivity contribution in [2.24, 2.45) is 0 Å². The van der Waals surface area contributed by atoms with Gasteiger partial charge in [-0.1, -0.05) is 22.9 Å². The number of halogens is 1. The van der Waals surface area contributed by atoms with Gasteiger partial charge in [-0.05, 0) is 18.6 Å². The maximum atomic E-state index is 5.65. The second kappa shape index (κ2) is 7.07. The number of hydrogen-bond donors (Lipinski definition) is 2. The Balaban J connectivity index is 2.22. The van der Waals surface area contributed by atoms with Crippen LogP contribution < -0.4 is 20.5 Å². The monoisotopic (exact) mass is 353 g/mol. The number of rotatable bonds is 6. The van der Waals surface area contributed by atoms with E-state index in [1.165, 1.54) is 0 Å². The van der Waals surface area contributed by atoms with Crippen LogP contribution in [0.3, 0.4) is 0 Å². The normalized spacial score (nSPS) is 10.2. The highest BCUT2D eigenvalue weighted by Crippen LogP contribution is 2.26. The molecule has 1 aromatic carbocycles. The minimum Gasteiger partial charge on any atom is -0.497 e. The largest absolute Gasteiger partial charge is 0.497 e. The Morgan fingerprint density at radius 2 is 2.05 bits per heavy atom. The molecule has 1 aromatic heterocycles. The molecule has 0 aliphatic rings. The highest BCUT2D eigenvalue weighted by Gasteiger charge is 2.07. The molecule has 8 heteroatoms. The molecule has 2 rings (SSSR count). The van der Waals surface area contributed by atoms with Gasteiger partial charge in [0.15, 0.2) is 0 Å². The molecule has 0 radical (unpaired) electrons. The average Bonchev–Trinajstić information content (AvgIpc) is 2.43. The Bertz CT molecular complexity index is 624. The van der Waals surface area contributed by atoms with Crippen molar-refractivity contribution in [3.8, 4) is 11.8 Å². The lowest BCUT2D eigenvalue weighted by Gasteiger charge is -2.09. The van der Waals surface area contributed by atoms with Crippen molar-refractivity contribution in [1.82, 2.24) is 15.0 Å². The van der Waals surface area contributed by atoms with Crippen molar-refractivity contribution in [3.05, 3.63) is 22.7 Å². The van der Waals surface area contributed by atoms with Gasteiger partial charge in [-0.2, -0.15) is 15.0 Å². The van der Waals surface area contributed by atoms with Crippen LogP contribution in [0.15, 0.2) is 22.7 Å². The lowest BCUT2D eigenvalue weighted by Crippen LogP contribution is -2.07. The molecule has 7 nitrogen and oxygen atoms in total. The van der Waals surface area contributed by atoms with Gasteiger partial charge in [-0.25, -0.2) is 0 Å². The summed E-state index contributed by atoms with van der Waals surface area (Å²) >= 11 is 3.41. The van der Waals surface area contributed by atoms with Crippen LogP contribution in [0.5, 0.6) is 11.8 Å². The minimum absolute atomic E-state index is 0.0977. The third-order valence-electron chi connectivity index (χ3n) is 2.43. The van der Waals surface area contributed by atoms with Gasteiger partial charge in [0.1, 0.15) is 5.75 Å². The van der Waals surface area contributed by atoms with Gasteiger partial charge in [-0.3, -0.25) is 0 Å². The first-order chi connectivity index (χ1) is 10.1. The van der Waals surface area contributed by atoms with Gasteiger partial charge >= 0.3 is 6.01 Å². The molecule has 0 atom stereocenters. The number of hydrogen-bond acceptors (Lipinski definition) is 7. The number of methoxy groups -OCH3 is 1. The Kier molecular flexibility index (Phi) is 5.15. The van der Waals surface area contributed by atoms with Gasteiger partial charge in [-0.15, -0.1) is 0 Å². The summed E-state index contributed by atoms with van der Waals surface area (Å²) in [7, 11) is 1.60. The molecular weight excluding hydrogens is 338 g/mol. The highest BCUT2D eigenvalue weighted by molar-refractivity contribution is 9.10. The van der Waals surface area contributed by atoms with Gasteiger partial charge in [0.25, 0.3) is 0 Å². The number of benzene rings is 1. The molecule has 0 fully saturated rings. The number of anilines is 3. The van der Waals surface area contributed by atoms with E-state index in [4.69, 9.17) is 15.2 Å². The van der Waals surface area contributed by atoms with Crippen LogP contribution in [-0.4, -0.2) is 28.7 Å². The Morgan fingerprint density at radius 3 is 2.76 bits per heavy atom. The van der Waals surface area contributed by atoms with E-state index in [9.17, 15) is 0 Å². The zero-order valence-corrected chi connectivity index (χ0v) is 13.3. The lowest BCUT2D eigenvalue weighted by atomic mass is 10.3. The molecule has 0 bridgehead atoms. The van der Waals surface area contributed by atoms with E-state index >= 15 is 0 Å². The zero-order valence-electron chi connectivity index (χ0n) is 11.8. The lowest BCUT2D eigenvalue weighted by molar-refractivity contribution is 0.292. The third kappa shape index (κ3) is 4.45. The fraction of sp³-hybridized carbons (Fsp3) is 0.308.